The van der Waals surface area contributed by atoms with E-state index in [0.717, 1.165) is 21.5 Å². The molecule has 1 aromatic heterocycles. The van der Waals surface area contributed by atoms with Crippen LogP contribution in [0.4, 0.5) is 0 Å². The Bertz CT molecular complexity index is 921. The van der Waals surface area contributed by atoms with Crippen molar-refractivity contribution < 1.29 is 8.85 Å². The van der Waals surface area contributed by atoms with E-state index in [-0.39, 0.29) is 21.1 Å². The Morgan fingerprint density at radius 3 is 2.07 bits per heavy atom. The number of H-pyrrole nitrogens is 1. The smallest absolute Gasteiger partial charge is 0.305 e. The van der Waals surface area contributed by atoms with Crippen LogP contribution in [-0.2, 0) is 4.43 Å². The predicted molar refractivity (Wildman–Crippen MR) is 130 cm³/mol. The lowest BCUT2D eigenvalue weighted by Crippen LogP contribution is -2.44. The minimum Gasteiger partial charge on any atom is -0.542 e. The maximum atomic E-state index is 12.3. The van der Waals surface area contributed by atoms with E-state index in [1.54, 1.807) is 0 Å². The molecule has 0 spiro atoms. The highest BCUT2D eigenvalue weighted by atomic mass is 32.1. The second-order valence-corrected chi connectivity index (χ2v) is 21.3. The third kappa shape index (κ3) is 5.04. The highest BCUT2D eigenvalue weighted by Crippen LogP contribution is 2.43. The maximum Gasteiger partial charge on any atom is 0.305 e. The summed E-state index contributed by atoms with van der Waals surface area (Å²) in [5, 5.41) is 0.149. The molecular formula is C21H38N2O3SSi2. The summed E-state index contributed by atoms with van der Waals surface area (Å²) in [4.78, 5) is 15.2. The lowest BCUT2D eigenvalue weighted by molar-refractivity contribution is 0.193. The van der Waals surface area contributed by atoms with Crippen LogP contribution in [0.1, 0.15) is 53.2 Å². The number of benzene rings is 1. The third-order valence-corrected chi connectivity index (χ3v) is 16.3. The highest BCUT2D eigenvalue weighted by molar-refractivity contribution is 7.16. The molecule has 0 aliphatic carbocycles. The summed E-state index contributed by atoms with van der Waals surface area (Å²) < 4.78 is 14.0. The van der Waals surface area contributed by atoms with Crippen LogP contribution in [0.15, 0.2) is 16.9 Å². The number of hydrogen-bond acceptors (Lipinski definition) is 5. The van der Waals surface area contributed by atoms with Crippen molar-refractivity contribution in [3.05, 3.63) is 27.4 Å². The molecule has 0 bridgehead atoms. The van der Waals surface area contributed by atoms with Crippen molar-refractivity contribution in [2.45, 2.75) is 83.9 Å². The molecule has 0 aliphatic heterocycles. The number of aromatic amines is 1. The van der Waals surface area contributed by atoms with Gasteiger partial charge in [-0.1, -0.05) is 58.9 Å². The van der Waals surface area contributed by atoms with Gasteiger partial charge in [-0.3, -0.25) is 4.79 Å². The highest BCUT2D eigenvalue weighted by Gasteiger charge is 2.41. The summed E-state index contributed by atoms with van der Waals surface area (Å²) in [5.41, 5.74) is 7.87. The van der Waals surface area contributed by atoms with E-state index in [9.17, 15) is 4.79 Å². The molecule has 0 saturated carbocycles. The van der Waals surface area contributed by atoms with Gasteiger partial charge in [0.2, 0.25) is 0 Å². The first-order chi connectivity index (χ1) is 13.0. The lowest BCUT2D eigenvalue weighted by atomic mass is 10.1. The molecule has 2 rings (SSSR count). The molecule has 1 aromatic carbocycles. The normalized spacial score (nSPS) is 15.0. The summed E-state index contributed by atoms with van der Waals surface area (Å²) in [6.45, 7) is 22.5. The molecule has 1 heterocycles. The van der Waals surface area contributed by atoms with E-state index >= 15 is 0 Å². The van der Waals surface area contributed by atoms with Crippen molar-refractivity contribution in [3.63, 3.8) is 0 Å². The van der Waals surface area contributed by atoms with E-state index in [1.807, 2.05) is 12.1 Å². The van der Waals surface area contributed by atoms with Crippen LogP contribution >= 0.6 is 11.3 Å². The largest absolute Gasteiger partial charge is 0.542 e. The Kier molecular flexibility index (Phi) is 6.68. The molecule has 0 unspecified atom stereocenters. The van der Waals surface area contributed by atoms with Gasteiger partial charge in [0.1, 0.15) is 11.3 Å². The number of aromatic nitrogens is 1. The molecule has 0 aliphatic rings. The van der Waals surface area contributed by atoms with E-state index in [2.05, 4.69) is 72.7 Å². The van der Waals surface area contributed by atoms with Gasteiger partial charge in [-0.2, -0.15) is 0 Å². The SMILES string of the molecule is CC(C)(C)[Si](C)(C)Oc1ccc([C@H](CN)O[Si](C)(C)C(C)(C)C)c2sc(=O)[nH]c12. The summed E-state index contributed by atoms with van der Waals surface area (Å²) in [6.07, 6.45) is -0.244. The molecule has 164 valence electrons. The monoisotopic (exact) mass is 454 g/mol. The molecule has 5 nitrogen and oxygen atoms in total. The maximum absolute atomic E-state index is 12.3. The van der Waals surface area contributed by atoms with Gasteiger partial charge in [-0.25, -0.2) is 0 Å². The van der Waals surface area contributed by atoms with Gasteiger partial charge in [0.15, 0.2) is 8.32 Å². The molecule has 1 atom stereocenters. The van der Waals surface area contributed by atoms with Crippen LogP contribution in [0.2, 0.25) is 36.3 Å². The van der Waals surface area contributed by atoms with Gasteiger partial charge in [0, 0.05) is 12.1 Å². The van der Waals surface area contributed by atoms with Crippen LogP contribution in [0.3, 0.4) is 0 Å². The van der Waals surface area contributed by atoms with Crippen molar-refractivity contribution in [2.24, 2.45) is 5.73 Å². The lowest BCUT2D eigenvalue weighted by Gasteiger charge is -2.39. The van der Waals surface area contributed by atoms with E-state index in [1.165, 1.54) is 11.3 Å². The minimum atomic E-state index is -2.04. The number of rotatable bonds is 6. The van der Waals surface area contributed by atoms with Crippen molar-refractivity contribution in [2.75, 3.05) is 6.54 Å². The van der Waals surface area contributed by atoms with E-state index in [4.69, 9.17) is 14.6 Å². The Labute approximate surface area is 181 Å². The average molecular weight is 455 g/mol. The Morgan fingerprint density at radius 2 is 1.59 bits per heavy atom. The number of nitrogens with two attached hydrogens (primary N) is 1. The van der Waals surface area contributed by atoms with Crippen LogP contribution in [-0.4, -0.2) is 28.2 Å². The van der Waals surface area contributed by atoms with Crippen LogP contribution in [0, 0.1) is 0 Å². The van der Waals surface area contributed by atoms with Gasteiger partial charge < -0.3 is 19.6 Å². The quantitative estimate of drug-likeness (QED) is 0.525. The van der Waals surface area contributed by atoms with Crippen molar-refractivity contribution in [1.82, 2.24) is 4.98 Å². The zero-order chi connectivity index (χ0) is 22.4. The standard InChI is InChI=1S/C21H38N2O3SSi2/c1-20(2,3)28(7,8)25-15-12-11-14(18-17(15)23-19(24)27-18)16(13-22)26-29(9,10)21(4,5)6/h11-12,16H,13,22H2,1-10H3,(H,23,24)/t16-/m0/s1. The van der Waals surface area contributed by atoms with Crippen molar-refractivity contribution in [3.8, 4) is 5.75 Å². The summed E-state index contributed by atoms with van der Waals surface area (Å²) in [5.74, 6) is 0.747. The number of hydrogen-bond donors (Lipinski definition) is 2. The molecule has 0 radical (unpaired) electrons. The first-order valence-electron chi connectivity index (χ1n) is 10.2. The van der Waals surface area contributed by atoms with Crippen molar-refractivity contribution >= 4 is 38.2 Å². The van der Waals surface area contributed by atoms with Gasteiger partial charge in [-0.05, 0) is 42.3 Å². The van der Waals surface area contributed by atoms with Crippen LogP contribution in [0.25, 0.3) is 10.2 Å². The number of fused-ring (bicyclic) bond motifs is 1. The summed E-state index contributed by atoms with van der Waals surface area (Å²) >= 11 is 1.21. The zero-order valence-corrected chi connectivity index (χ0v) is 22.5. The summed E-state index contributed by atoms with van der Waals surface area (Å²) in [6, 6.07) is 4.00. The van der Waals surface area contributed by atoms with Gasteiger partial charge >= 0.3 is 4.87 Å². The molecule has 2 aromatic rings. The number of thiazole rings is 1. The minimum absolute atomic E-state index is 0.0690. The fourth-order valence-electron chi connectivity index (χ4n) is 2.57. The second kappa shape index (κ2) is 7.96. The fraction of sp³-hybridized carbons (Fsp3) is 0.667. The zero-order valence-electron chi connectivity index (χ0n) is 19.6. The van der Waals surface area contributed by atoms with Gasteiger partial charge in [-0.15, -0.1) is 0 Å². The third-order valence-electron chi connectivity index (χ3n) is 6.55. The topological polar surface area (TPSA) is 77.3 Å². The van der Waals surface area contributed by atoms with Gasteiger partial charge in [0.05, 0.1) is 10.8 Å². The first-order valence-corrected chi connectivity index (χ1v) is 16.9. The molecule has 0 saturated heterocycles. The molecule has 0 amide bonds. The van der Waals surface area contributed by atoms with Crippen LogP contribution < -0.4 is 15.0 Å². The fourth-order valence-corrected chi connectivity index (χ4v) is 5.79. The van der Waals surface area contributed by atoms with Gasteiger partial charge in [0.25, 0.3) is 8.32 Å². The Hall–Kier alpha value is -0.936. The molecule has 8 heteroatoms. The van der Waals surface area contributed by atoms with Crippen molar-refractivity contribution in [1.29, 1.82) is 0 Å². The first kappa shape index (κ1) is 24.3. The molecular weight excluding hydrogens is 416 g/mol. The predicted octanol–water partition coefficient (Wildman–Crippen LogP) is 6.00. The molecule has 0 fully saturated rings. The Balaban J connectivity index is 2.54. The Morgan fingerprint density at radius 1 is 1.03 bits per heavy atom. The summed E-state index contributed by atoms with van der Waals surface area (Å²) in [7, 11) is -4.05. The van der Waals surface area contributed by atoms with E-state index in [0.29, 0.717) is 6.54 Å². The second-order valence-electron chi connectivity index (χ2n) is 10.8. The molecule has 3 N–H and O–H groups in total. The van der Waals surface area contributed by atoms with Crippen LogP contribution in [0.5, 0.6) is 5.75 Å². The van der Waals surface area contributed by atoms with E-state index < -0.39 is 16.6 Å². The number of nitrogens with one attached hydrogen (secondary N) is 1. The average Bonchev–Trinajstić information content (AvgIpc) is 2.92. The molecule has 29 heavy (non-hydrogen) atoms.